The maximum Gasteiger partial charge on any atom is 0.124 e. The average molecular weight is 284 g/mol. The van der Waals surface area contributed by atoms with Gasteiger partial charge < -0.3 is 5.32 Å². The lowest BCUT2D eigenvalue weighted by Gasteiger charge is -2.20. The monoisotopic (exact) mass is 283 g/mol. The van der Waals surface area contributed by atoms with Crippen LogP contribution in [-0.2, 0) is 0 Å². The molecule has 0 aliphatic heterocycles. The molecule has 0 saturated carbocycles. The fourth-order valence-corrected chi connectivity index (χ4v) is 3.04. The molecular weight excluding hydrogens is 269 g/mol. The average Bonchev–Trinajstić information content (AvgIpc) is 2.73. The Morgan fingerprint density at radius 1 is 1.33 bits per heavy atom. The van der Waals surface area contributed by atoms with E-state index in [4.69, 9.17) is 11.6 Å². The molecule has 0 fully saturated rings. The van der Waals surface area contributed by atoms with Crippen molar-refractivity contribution in [2.24, 2.45) is 0 Å². The quantitative estimate of drug-likeness (QED) is 0.868. The summed E-state index contributed by atoms with van der Waals surface area (Å²) in [5, 5.41) is 5.93. The first-order chi connectivity index (χ1) is 8.63. The Labute approximate surface area is 116 Å². The molecule has 18 heavy (non-hydrogen) atoms. The zero-order valence-corrected chi connectivity index (χ0v) is 11.9. The van der Waals surface area contributed by atoms with Crippen LogP contribution in [-0.4, -0.2) is 6.54 Å². The molecule has 0 aliphatic rings. The number of rotatable bonds is 4. The van der Waals surface area contributed by atoms with Gasteiger partial charge >= 0.3 is 0 Å². The molecule has 0 spiro atoms. The summed E-state index contributed by atoms with van der Waals surface area (Å²) in [6, 6.07) is 6.68. The second-order valence-electron chi connectivity index (χ2n) is 4.09. The smallest absolute Gasteiger partial charge is 0.124 e. The highest BCUT2D eigenvalue weighted by molar-refractivity contribution is 7.10. The first-order valence-corrected chi connectivity index (χ1v) is 7.11. The molecule has 1 nitrogen and oxygen atoms in total. The Bertz CT molecular complexity index is 538. The van der Waals surface area contributed by atoms with E-state index < -0.39 is 0 Å². The summed E-state index contributed by atoms with van der Waals surface area (Å²) >= 11 is 7.86. The minimum Gasteiger partial charge on any atom is -0.306 e. The predicted octanol–water partition coefficient (Wildman–Crippen LogP) is 4.55. The Morgan fingerprint density at radius 3 is 2.67 bits per heavy atom. The number of halogens is 2. The van der Waals surface area contributed by atoms with E-state index in [0.29, 0.717) is 5.02 Å². The second kappa shape index (κ2) is 5.83. The van der Waals surface area contributed by atoms with Crippen LogP contribution in [0.5, 0.6) is 0 Å². The van der Waals surface area contributed by atoms with Crippen molar-refractivity contribution in [2.75, 3.05) is 6.54 Å². The van der Waals surface area contributed by atoms with Gasteiger partial charge in [0.2, 0.25) is 0 Å². The molecule has 4 heteroatoms. The van der Waals surface area contributed by atoms with Crippen LogP contribution in [0.2, 0.25) is 5.02 Å². The molecule has 1 unspecified atom stereocenters. The first-order valence-electron chi connectivity index (χ1n) is 5.85. The molecule has 0 bridgehead atoms. The van der Waals surface area contributed by atoms with Gasteiger partial charge in [-0.3, -0.25) is 0 Å². The Kier molecular flexibility index (Phi) is 4.38. The number of nitrogens with one attached hydrogen (secondary N) is 1. The number of hydrogen-bond donors (Lipinski definition) is 1. The van der Waals surface area contributed by atoms with Gasteiger partial charge in [0.25, 0.3) is 0 Å². The van der Waals surface area contributed by atoms with Crippen LogP contribution in [0.3, 0.4) is 0 Å². The number of aryl methyl sites for hydroxylation is 1. The van der Waals surface area contributed by atoms with Gasteiger partial charge in [0.1, 0.15) is 5.82 Å². The van der Waals surface area contributed by atoms with Crippen LogP contribution < -0.4 is 5.32 Å². The van der Waals surface area contributed by atoms with E-state index in [0.717, 1.165) is 12.1 Å². The third kappa shape index (κ3) is 2.74. The van der Waals surface area contributed by atoms with E-state index in [9.17, 15) is 4.39 Å². The van der Waals surface area contributed by atoms with Gasteiger partial charge in [-0.2, -0.15) is 0 Å². The molecule has 2 aromatic rings. The van der Waals surface area contributed by atoms with Crippen molar-refractivity contribution in [3.8, 4) is 0 Å². The Morgan fingerprint density at radius 2 is 2.11 bits per heavy atom. The predicted molar refractivity (Wildman–Crippen MR) is 76.0 cm³/mol. The summed E-state index contributed by atoms with van der Waals surface area (Å²) in [4.78, 5) is 1.25. The van der Waals surface area contributed by atoms with Crippen LogP contribution >= 0.6 is 22.9 Å². The van der Waals surface area contributed by atoms with Crippen molar-refractivity contribution in [2.45, 2.75) is 19.9 Å². The van der Waals surface area contributed by atoms with Gasteiger partial charge in [-0.1, -0.05) is 24.6 Å². The van der Waals surface area contributed by atoms with Crippen molar-refractivity contribution in [1.82, 2.24) is 5.32 Å². The molecule has 0 saturated heterocycles. The van der Waals surface area contributed by atoms with Crippen LogP contribution in [0, 0.1) is 12.7 Å². The van der Waals surface area contributed by atoms with Crippen LogP contribution in [0.25, 0.3) is 0 Å². The largest absolute Gasteiger partial charge is 0.306 e. The molecule has 2 rings (SSSR count). The number of benzene rings is 1. The maximum absolute atomic E-state index is 13.1. The van der Waals surface area contributed by atoms with Crippen LogP contribution in [0.15, 0.2) is 29.6 Å². The molecule has 0 radical (unpaired) electrons. The Hall–Kier alpha value is -0.900. The van der Waals surface area contributed by atoms with E-state index in [2.05, 4.69) is 23.7 Å². The van der Waals surface area contributed by atoms with Gasteiger partial charge in [0.05, 0.1) is 6.04 Å². The van der Waals surface area contributed by atoms with Crippen LogP contribution in [0.1, 0.15) is 29.0 Å². The summed E-state index contributed by atoms with van der Waals surface area (Å²) < 4.78 is 13.1. The van der Waals surface area contributed by atoms with Gasteiger partial charge in [-0.05, 0) is 48.2 Å². The summed E-state index contributed by atoms with van der Waals surface area (Å²) in [6.45, 7) is 4.96. The van der Waals surface area contributed by atoms with Gasteiger partial charge in [0, 0.05) is 9.90 Å². The molecule has 1 aromatic carbocycles. The number of hydrogen-bond acceptors (Lipinski definition) is 2. The zero-order valence-electron chi connectivity index (χ0n) is 10.3. The van der Waals surface area contributed by atoms with Crippen LogP contribution in [0.4, 0.5) is 4.39 Å². The first kappa shape index (κ1) is 13.5. The topological polar surface area (TPSA) is 12.0 Å². The van der Waals surface area contributed by atoms with E-state index in [-0.39, 0.29) is 11.9 Å². The van der Waals surface area contributed by atoms with E-state index in [1.807, 2.05) is 6.92 Å². The lowest BCUT2D eigenvalue weighted by atomic mass is 9.99. The minimum atomic E-state index is -0.305. The highest BCUT2D eigenvalue weighted by Crippen LogP contribution is 2.32. The number of thiophene rings is 1. The fourth-order valence-electron chi connectivity index (χ4n) is 2.02. The summed E-state index contributed by atoms with van der Waals surface area (Å²) in [5.41, 5.74) is 2.12. The van der Waals surface area contributed by atoms with Crippen molar-refractivity contribution in [3.05, 3.63) is 56.5 Å². The molecule has 1 N–H and O–H groups in total. The van der Waals surface area contributed by atoms with E-state index in [1.54, 1.807) is 17.4 Å². The lowest BCUT2D eigenvalue weighted by molar-refractivity contribution is 0.613. The summed E-state index contributed by atoms with van der Waals surface area (Å²) in [6.07, 6.45) is 0. The summed E-state index contributed by atoms with van der Waals surface area (Å²) in [7, 11) is 0. The molecule has 0 aliphatic carbocycles. The van der Waals surface area contributed by atoms with Gasteiger partial charge in [0.15, 0.2) is 0 Å². The van der Waals surface area contributed by atoms with E-state index >= 15 is 0 Å². The van der Waals surface area contributed by atoms with Crippen molar-refractivity contribution < 1.29 is 4.39 Å². The highest BCUT2D eigenvalue weighted by Gasteiger charge is 2.18. The van der Waals surface area contributed by atoms with Gasteiger partial charge in [-0.25, -0.2) is 4.39 Å². The normalized spacial score (nSPS) is 12.7. The third-order valence-electron chi connectivity index (χ3n) is 2.89. The third-order valence-corrected chi connectivity index (χ3v) is 4.08. The standard InChI is InChI=1S/C14H15ClFNS/c1-3-17-14(11-6-7-18-9(11)2)12-5-4-10(16)8-13(12)15/h4-8,14,17H,3H2,1-2H3. The molecule has 1 heterocycles. The molecular formula is C14H15ClFNS. The molecule has 1 atom stereocenters. The summed E-state index contributed by atoms with van der Waals surface area (Å²) in [5.74, 6) is -0.305. The molecule has 0 amide bonds. The highest BCUT2D eigenvalue weighted by atomic mass is 35.5. The van der Waals surface area contributed by atoms with Gasteiger partial charge in [-0.15, -0.1) is 11.3 Å². The van der Waals surface area contributed by atoms with E-state index in [1.165, 1.54) is 22.6 Å². The van der Waals surface area contributed by atoms with Crippen molar-refractivity contribution >= 4 is 22.9 Å². The molecule has 96 valence electrons. The SMILES string of the molecule is CCNC(c1ccc(F)cc1Cl)c1ccsc1C. The molecule has 1 aromatic heterocycles. The van der Waals surface area contributed by atoms with Crippen molar-refractivity contribution in [3.63, 3.8) is 0 Å². The second-order valence-corrected chi connectivity index (χ2v) is 5.62. The fraction of sp³-hybridized carbons (Fsp3) is 0.286. The maximum atomic E-state index is 13.1. The lowest BCUT2D eigenvalue weighted by Crippen LogP contribution is -2.22. The zero-order chi connectivity index (χ0) is 13.1. The van der Waals surface area contributed by atoms with Crippen molar-refractivity contribution in [1.29, 1.82) is 0 Å². The Balaban J connectivity index is 2.45. The minimum absolute atomic E-state index is 0.0225.